The normalized spacial score (nSPS) is 15.7. The quantitative estimate of drug-likeness (QED) is 0.760. The molecule has 0 saturated carbocycles. The van der Waals surface area contributed by atoms with E-state index in [1.807, 2.05) is 0 Å². The van der Waals surface area contributed by atoms with Crippen LogP contribution in [0.1, 0.15) is 30.7 Å². The van der Waals surface area contributed by atoms with E-state index in [0.29, 0.717) is 24.4 Å². The molecule has 8 heteroatoms. The first-order valence-electron chi connectivity index (χ1n) is 7.10. The Labute approximate surface area is 127 Å². The zero-order valence-corrected chi connectivity index (χ0v) is 12.9. The summed E-state index contributed by atoms with van der Waals surface area (Å²) >= 11 is 1.36. The lowest BCUT2D eigenvalue weighted by Gasteiger charge is -2.20. The van der Waals surface area contributed by atoms with Gasteiger partial charge >= 0.3 is 5.97 Å². The Morgan fingerprint density at radius 2 is 2.14 bits per heavy atom. The van der Waals surface area contributed by atoms with Gasteiger partial charge < -0.3 is 15.4 Å². The van der Waals surface area contributed by atoms with Crippen molar-refractivity contribution in [3.63, 3.8) is 0 Å². The maximum atomic E-state index is 12.1. The van der Waals surface area contributed by atoms with Gasteiger partial charge in [-0.3, -0.25) is 9.59 Å². The van der Waals surface area contributed by atoms with Crippen molar-refractivity contribution in [3.05, 3.63) is 5.01 Å². The molecule has 1 fully saturated rings. The number of piperidine rings is 1. The van der Waals surface area contributed by atoms with Gasteiger partial charge in [0.15, 0.2) is 0 Å². The van der Waals surface area contributed by atoms with E-state index in [2.05, 4.69) is 25.6 Å². The van der Waals surface area contributed by atoms with Gasteiger partial charge in [0.25, 0.3) is 0 Å². The summed E-state index contributed by atoms with van der Waals surface area (Å²) in [7, 11) is 1.38. The topological polar surface area (TPSA) is 93.2 Å². The van der Waals surface area contributed by atoms with Crippen LogP contribution in [0.4, 0.5) is 5.13 Å². The molecule has 1 aromatic rings. The van der Waals surface area contributed by atoms with Gasteiger partial charge in [0.05, 0.1) is 7.11 Å². The lowest BCUT2D eigenvalue weighted by Crippen LogP contribution is -2.34. The molecule has 0 unspecified atom stereocenters. The molecule has 0 atom stereocenters. The summed E-state index contributed by atoms with van der Waals surface area (Å²) in [5.74, 6) is -0.148. The van der Waals surface area contributed by atoms with Crippen LogP contribution >= 0.6 is 11.3 Å². The molecule has 1 saturated heterocycles. The van der Waals surface area contributed by atoms with Gasteiger partial charge in [0.1, 0.15) is 5.01 Å². The molecule has 21 heavy (non-hydrogen) atoms. The Kier molecular flexibility index (Phi) is 6.06. The predicted molar refractivity (Wildman–Crippen MR) is 79.1 cm³/mol. The highest BCUT2D eigenvalue weighted by Crippen LogP contribution is 2.20. The number of ether oxygens (including phenoxy) is 1. The molecule has 0 aromatic carbocycles. The fourth-order valence-corrected chi connectivity index (χ4v) is 2.97. The Hall–Kier alpha value is -1.54. The van der Waals surface area contributed by atoms with E-state index in [-0.39, 0.29) is 17.8 Å². The van der Waals surface area contributed by atoms with E-state index in [4.69, 9.17) is 0 Å². The lowest BCUT2D eigenvalue weighted by atomic mass is 9.97. The molecule has 1 aromatic heterocycles. The van der Waals surface area contributed by atoms with Gasteiger partial charge in [-0.1, -0.05) is 11.3 Å². The summed E-state index contributed by atoms with van der Waals surface area (Å²) in [5, 5.41) is 15.4. The molecule has 0 aliphatic carbocycles. The molecule has 0 spiro atoms. The van der Waals surface area contributed by atoms with Crippen molar-refractivity contribution in [2.75, 3.05) is 25.5 Å². The van der Waals surface area contributed by atoms with Crippen LogP contribution < -0.4 is 10.6 Å². The number of carbonyl (C=O) groups excluding carboxylic acids is 2. The number of nitrogens with one attached hydrogen (secondary N) is 2. The molecule has 7 nitrogen and oxygen atoms in total. The van der Waals surface area contributed by atoms with Crippen LogP contribution in [0.5, 0.6) is 0 Å². The first-order valence-corrected chi connectivity index (χ1v) is 7.91. The van der Waals surface area contributed by atoms with Gasteiger partial charge in [-0.2, -0.15) is 0 Å². The molecular weight excluding hydrogens is 292 g/mol. The third-order valence-electron chi connectivity index (χ3n) is 3.41. The number of anilines is 1. The number of aryl methyl sites for hydroxylation is 1. The molecule has 1 aliphatic rings. The number of carbonyl (C=O) groups is 2. The number of aromatic nitrogens is 2. The highest BCUT2D eigenvalue weighted by Gasteiger charge is 2.21. The molecule has 0 radical (unpaired) electrons. The maximum absolute atomic E-state index is 12.1. The van der Waals surface area contributed by atoms with Crippen molar-refractivity contribution in [1.82, 2.24) is 15.5 Å². The van der Waals surface area contributed by atoms with Gasteiger partial charge in [-0.05, 0) is 32.4 Å². The van der Waals surface area contributed by atoms with Crippen molar-refractivity contribution < 1.29 is 14.3 Å². The minimum atomic E-state index is -0.223. The van der Waals surface area contributed by atoms with Crippen molar-refractivity contribution in [3.8, 4) is 0 Å². The third kappa shape index (κ3) is 5.05. The summed E-state index contributed by atoms with van der Waals surface area (Å²) in [5.41, 5.74) is 0. The van der Waals surface area contributed by atoms with E-state index in [1.54, 1.807) is 0 Å². The largest absolute Gasteiger partial charge is 0.469 e. The van der Waals surface area contributed by atoms with E-state index < -0.39 is 0 Å². The zero-order valence-electron chi connectivity index (χ0n) is 12.1. The Bertz CT molecular complexity index is 486. The predicted octanol–water partition coefficient (Wildman–Crippen LogP) is 0.972. The average molecular weight is 312 g/mol. The molecule has 2 rings (SSSR count). The first-order chi connectivity index (χ1) is 10.2. The number of methoxy groups -OCH3 is 1. The molecule has 0 bridgehead atoms. The second-order valence-corrected chi connectivity index (χ2v) is 6.01. The monoisotopic (exact) mass is 312 g/mol. The van der Waals surface area contributed by atoms with Crippen LogP contribution in [-0.4, -0.2) is 42.3 Å². The third-order valence-corrected chi connectivity index (χ3v) is 4.30. The van der Waals surface area contributed by atoms with Crippen LogP contribution in [0.25, 0.3) is 0 Å². The van der Waals surface area contributed by atoms with Crippen LogP contribution in [0.2, 0.25) is 0 Å². The second-order valence-electron chi connectivity index (χ2n) is 4.94. The standard InChI is InChI=1S/C13H20N4O3S/c1-20-11(18)4-2-3-10-16-17-13(21-10)15-12(19)9-5-7-14-8-6-9/h9,14H,2-8H2,1H3,(H,15,17,19). The van der Waals surface area contributed by atoms with Crippen LogP contribution in [-0.2, 0) is 20.7 Å². The SMILES string of the molecule is COC(=O)CCCc1nnc(NC(=O)C2CCNCC2)s1. The lowest BCUT2D eigenvalue weighted by molar-refractivity contribution is -0.140. The average Bonchev–Trinajstić information content (AvgIpc) is 2.95. The van der Waals surface area contributed by atoms with Gasteiger partial charge in [0, 0.05) is 18.8 Å². The fourth-order valence-electron chi connectivity index (χ4n) is 2.18. The van der Waals surface area contributed by atoms with Gasteiger partial charge in [-0.25, -0.2) is 0 Å². The van der Waals surface area contributed by atoms with E-state index >= 15 is 0 Å². The van der Waals surface area contributed by atoms with Crippen molar-refractivity contribution in [2.45, 2.75) is 32.1 Å². The molecule has 2 N–H and O–H groups in total. The minimum absolute atomic E-state index is 0.0220. The zero-order chi connectivity index (χ0) is 15.1. The number of hydrogen-bond acceptors (Lipinski definition) is 7. The minimum Gasteiger partial charge on any atom is -0.469 e. The second kappa shape index (κ2) is 8.04. The molecule has 2 heterocycles. The summed E-state index contributed by atoms with van der Waals surface area (Å²) in [6.45, 7) is 1.76. The highest BCUT2D eigenvalue weighted by molar-refractivity contribution is 7.15. The van der Waals surface area contributed by atoms with Crippen LogP contribution in [0.15, 0.2) is 0 Å². The summed E-state index contributed by atoms with van der Waals surface area (Å²) in [6.07, 6.45) is 3.42. The molecule has 116 valence electrons. The van der Waals surface area contributed by atoms with Crippen molar-refractivity contribution >= 4 is 28.3 Å². The van der Waals surface area contributed by atoms with Gasteiger partial charge in [-0.15, -0.1) is 10.2 Å². The Balaban J connectivity index is 1.76. The molecular formula is C13H20N4O3S. The summed E-state index contributed by atoms with van der Waals surface area (Å²) in [4.78, 5) is 23.1. The van der Waals surface area contributed by atoms with E-state index in [9.17, 15) is 9.59 Å². The smallest absolute Gasteiger partial charge is 0.305 e. The number of amides is 1. The maximum Gasteiger partial charge on any atom is 0.305 e. The summed E-state index contributed by atoms with van der Waals surface area (Å²) < 4.78 is 4.58. The first kappa shape index (κ1) is 15.8. The Morgan fingerprint density at radius 3 is 2.86 bits per heavy atom. The van der Waals surface area contributed by atoms with Crippen LogP contribution in [0, 0.1) is 5.92 Å². The number of nitrogens with zero attached hydrogens (tertiary/aromatic N) is 2. The molecule has 1 aliphatic heterocycles. The number of hydrogen-bond donors (Lipinski definition) is 2. The number of rotatable bonds is 6. The van der Waals surface area contributed by atoms with Crippen molar-refractivity contribution in [1.29, 1.82) is 0 Å². The Morgan fingerprint density at radius 1 is 1.38 bits per heavy atom. The highest BCUT2D eigenvalue weighted by atomic mass is 32.1. The summed E-state index contributed by atoms with van der Waals surface area (Å²) in [6, 6.07) is 0. The van der Waals surface area contributed by atoms with Crippen LogP contribution in [0.3, 0.4) is 0 Å². The van der Waals surface area contributed by atoms with Crippen molar-refractivity contribution in [2.24, 2.45) is 5.92 Å². The molecule has 1 amide bonds. The van der Waals surface area contributed by atoms with E-state index in [0.717, 1.165) is 30.9 Å². The fraction of sp³-hybridized carbons (Fsp3) is 0.692. The van der Waals surface area contributed by atoms with Gasteiger partial charge in [0.2, 0.25) is 11.0 Å². The number of esters is 1. The van der Waals surface area contributed by atoms with E-state index in [1.165, 1.54) is 18.4 Å².